The zero-order valence-corrected chi connectivity index (χ0v) is 14.1. The van der Waals surface area contributed by atoms with Gasteiger partial charge in [-0.2, -0.15) is 0 Å². The number of hydrogen-bond donors (Lipinski definition) is 1. The van der Waals surface area contributed by atoms with E-state index in [2.05, 4.69) is 33.0 Å². The van der Waals surface area contributed by atoms with Crippen molar-refractivity contribution in [2.45, 2.75) is 34.2 Å². The van der Waals surface area contributed by atoms with Gasteiger partial charge in [-0.25, -0.2) is 0 Å². The van der Waals surface area contributed by atoms with E-state index in [1.54, 1.807) is 14.2 Å². The van der Waals surface area contributed by atoms with Gasteiger partial charge in [-0.15, -0.1) is 0 Å². The minimum Gasteiger partial charge on any atom is -0.493 e. The predicted molar refractivity (Wildman–Crippen MR) is 84.9 cm³/mol. The van der Waals surface area contributed by atoms with Crippen molar-refractivity contribution in [3.05, 3.63) is 22.7 Å². The molecule has 1 aromatic rings. The second-order valence-corrected chi connectivity index (χ2v) is 6.62. The quantitative estimate of drug-likeness (QED) is 0.857. The van der Waals surface area contributed by atoms with Crippen molar-refractivity contribution in [3.8, 4) is 11.5 Å². The van der Waals surface area contributed by atoms with Gasteiger partial charge in [-0.05, 0) is 35.6 Å². The van der Waals surface area contributed by atoms with Gasteiger partial charge in [0.25, 0.3) is 0 Å². The van der Waals surface area contributed by atoms with E-state index in [-0.39, 0.29) is 0 Å². The molecule has 1 N–H and O–H groups in total. The highest BCUT2D eigenvalue weighted by atomic mass is 35.5. The third kappa shape index (κ3) is 4.57. The van der Waals surface area contributed by atoms with E-state index in [0.717, 1.165) is 18.7 Å². The largest absolute Gasteiger partial charge is 0.493 e. The SMILES string of the molecule is COc1cc(CNCC(C)C(C)(C)C)cc(Cl)c1OC. The van der Waals surface area contributed by atoms with Gasteiger partial charge < -0.3 is 14.8 Å². The van der Waals surface area contributed by atoms with Crippen LogP contribution in [0.25, 0.3) is 0 Å². The molecule has 0 aliphatic rings. The van der Waals surface area contributed by atoms with Gasteiger partial charge in [0.15, 0.2) is 11.5 Å². The van der Waals surface area contributed by atoms with Gasteiger partial charge in [-0.1, -0.05) is 39.3 Å². The first-order chi connectivity index (χ1) is 9.29. The first-order valence-electron chi connectivity index (χ1n) is 6.90. The molecule has 0 aliphatic carbocycles. The number of hydrogen-bond acceptors (Lipinski definition) is 3. The standard InChI is InChI=1S/C16H26ClNO2/c1-11(16(2,3)4)9-18-10-12-7-13(17)15(20-6)14(8-12)19-5/h7-8,11,18H,9-10H2,1-6H3. The first-order valence-corrected chi connectivity index (χ1v) is 7.28. The molecule has 20 heavy (non-hydrogen) atoms. The Morgan fingerprint density at radius 1 is 1.20 bits per heavy atom. The Hall–Kier alpha value is -0.930. The fourth-order valence-electron chi connectivity index (χ4n) is 1.81. The summed E-state index contributed by atoms with van der Waals surface area (Å²) in [5.41, 5.74) is 1.40. The maximum Gasteiger partial charge on any atom is 0.179 e. The minimum absolute atomic E-state index is 0.308. The molecule has 0 spiro atoms. The Bertz CT molecular complexity index is 441. The lowest BCUT2D eigenvalue weighted by molar-refractivity contribution is 0.252. The van der Waals surface area contributed by atoms with Crippen LogP contribution in [0.3, 0.4) is 0 Å². The molecule has 0 heterocycles. The van der Waals surface area contributed by atoms with E-state index in [1.807, 2.05) is 12.1 Å². The average molecular weight is 300 g/mol. The molecular formula is C16H26ClNO2. The maximum absolute atomic E-state index is 6.19. The molecule has 1 aromatic carbocycles. The molecular weight excluding hydrogens is 274 g/mol. The molecule has 4 heteroatoms. The normalized spacial score (nSPS) is 13.2. The van der Waals surface area contributed by atoms with Crippen molar-refractivity contribution in [2.75, 3.05) is 20.8 Å². The lowest BCUT2D eigenvalue weighted by atomic mass is 9.82. The van der Waals surface area contributed by atoms with Crippen LogP contribution < -0.4 is 14.8 Å². The predicted octanol–water partition coefficient (Wildman–Crippen LogP) is 4.13. The summed E-state index contributed by atoms with van der Waals surface area (Å²) < 4.78 is 10.5. The number of methoxy groups -OCH3 is 2. The second kappa shape index (κ2) is 7.19. The van der Waals surface area contributed by atoms with Gasteiger partial charge in [0.2, 0.25) is 0 Å². The molecule has 0 saturated heterocycles. The summed E-state index contributed by atoms with van der Waals surface area (Å²) in [5, 5.41) is 4.05. The van der Waals surface area contributed by atoms with E-state index in [1.165, 1.54) is 0 Å². The third-order valence-electron chi connectivity index (χ3n) is 3.75. The zero-order chi connectivity index (χ0) is 15.3. The third-order valence-corrected chi connectivity index (χ3v) is 4.03. The van der Waals surface area contributed by atoms with Crippen molar-refractivity contribution in [1.29, 1.82) is 0 Å². The highest BCUT2D eigenvalue weighted by Crippen LogP contribution is 2.36. The fraction of sp³-hybridized carbons (Fsp3) is 0.625. The van der Waals surface area contributed by atoms with Crippen LogP contribution in [0.1, 0.15) is 33.3 Å². The minimum atomic E-state index is 0.308. The maximum atomic E-state index is 6.19. The van der Waals surface area contributed by atoms with E-state index >= 15 is 0 Å². The van der Waals surface area contributed by atoms with Crippen molar-refractivity contribution in [3.63, 3.8) is 0 Å². The molecule has 1 atom stereocenters. The van der Waals surface area contributed by atoms with Crippen LogP contribution in [0.5, 0.6) is 11.5 Å². The van der Waals surface area contributed by atoms with E-state index in [9.17, 15) is 0 Å². The molecule has 1 rings (SSSR count). The number of rotatable bonds is 6. The summed E-state index contributed by atoms with van der Waals surface area (Å²) in [6, 6.07) is 3.87. The van der Waals surface area contributed by atoms with Crippen molar-refractivity contribution < 1.29 is 9.47 Å². The van der Waals surface area contributed by atoms with Gasteiger partial charge in [0.05, 0.1) is 19.2 Å². The molecule has 1 unspecified atom stereocenters. The first kappa shape index (κ1) is 17.1. The summed E-state index contributed by atoms with van der Waals surface area (Å²) in [4.78, 5) is 0. The van der Waals surface area contributed by atoms with Gasteiger partial charge in [0, 0.05) is 6.54 Å². The monoisotopic (exact) mass is 299 g/mol. The number of halogens is 1. The molecule has 0 saturated carbocycles. The highest BCUT2D eigenvalue weighted by molar-refractivity contribution is 6.32. The van der Waals surface area contributed by atoms with Gasteiger partial charge in [-0.3, -0.25) is 0 Å². The van der Waals surface area contributed by atoms with Crippen LogP contribution in [-0.2, 0) is 6.54 Å². The van der Waals surface area contributed by atoms with Gasteiger partial charge >= 0.3 is 0 Å². The average Bonchev–Trinajstić information content (AvgIpc) is 2.36. The summed E-state index contributed by atoms with van der Waals surface area (Å²) >= 11 is 6.19. The topological polar surface area (TPSA) is 30.5 Å². The summed E-state index contributed by atoms with van der Waals surface area (Å²) in [5.74, 6) is 1.85. The lowest BCUT2D eigenvalue weighted by Crippen LogP contribution is -2.29. The summed E-state index contributed by atoms with van der Waals surface area (Å²) in [7, 11) is 3.21. The van der Waals surface area contributed by atoms with Crippen molar-refractivity contribution in [1.82, 2.24) is 5.32 Å². The lowest BCUT2D eigenvalue weighted by Gasteiger charge is -2.27. The Labute approximate surface area is 127 Å². The van der Waals surface area contributed by atoms with E-state index in [0.29, 0.717) is 27.9 Å². The van der Waals surface area contributed by atoms with Crippen molar-refractivity contribution >= 4 is 11.6 Å². The Morgan fingerprint density at radius 3 is 2.35 bits per heavy atom. The van der Waals surface area contributed by atoms with E-state index < -0.39 is 0 Å². The molecule has 0 aliphatic heterocycles. The van der Waals surface area contributed by atoms with Gasteiger partial charge in [0.1, 0.15) is 0 Å². The Kier molecular flexibility index (Phi) is 6.15. The molecule has 114 valence electrons. The molecule has 0 aromatic heterocycles. The van der Waals surface area contributed by atoms with Crippen LogP contribution in [0.4, 0.5) is 0 Å². The smallest absolute Gasteiger partial charge is 0.179 e. The Morgan fingerprint density at radius 2 is 1.85 bits per heavy atom. The zero-order valence-electron chi connectivity index (χ0n) is 13.3. The molecule has 0 amide bonds. The number of ether oxygens (including phenoxy) is 2. The molecule has 3 nitrogen and oxygen atoms in total. The van der Waals surface area contributed by atoms with Crippen molar-refractivity contribution in [2.24, 2.45) is 11.3 Å². The van der Waals surface area contributed by atoms with Crippen LogP contribution in [0.2, 0.25) is 5.02 Å². The molecule has 0 fully saturated rings. The summed E-state index contributed by atoms with van der Waals surface area (Å²) in [6.45, 7) is 10.8. The second-order valence-electron chi connectivity index (χ2n) is 6.21. The Balaban J connectivity index is 2.68. The number of benzene rings is 1. The molecule has 0 radical (unpaired) electrons. The van der Waals surface area contributed by atoms with E-state index in [4.69, 9.17) is 21.1 Å². The van der Waals surface area contributed by atoms with Crippen LogP contribution in [-0.4, -0.2) is 20.8 Å². The van der Waals surface area contributed by atoms with Crippen LogP contribution in [0.15, 0.2) is 12.1 Å². The molecule has 0 bridgehead atoms. The number of nitrogens with one attached hydrogen (secondary N) is 1. The summed E-state index contributed by atoms with van der Waals surface area (Å²) in [6.07, 6.45) is 0. The van der Waals surface area contributed by atoms with Crippen LogP contribution >= 0.6 is 11.6 Å². The highest BCUT2D eigenvalue weighted by Gasteiger charge is 2.19. The fourth-order valence-corrected chi connectivity index (χ4v) is 2.12. The van der Waals surface area contributed by atoms with Crippen LogP contribution in [0, 0.1) is 11.3 Å².